The van der Waals surface area contributed by atoms with E-state index in [4.69, 9.17) is 5.26 Å². The van der Waals surface area contributed by atoms with E-state index in [1.807, 2.05) is 35.7 Å². The van der Waals surface area contributed by atoms with Gasteiger partial charge in [-0.25, -0.2) is 0 Å². The van der Waals surface area contributed by atoms with Crippen molar-refractivity contribution < 1.29 is 4.79 Å². The highest BCUT2D eigenvalue weighted by Crippen LogP contribution is 2.21. The van der Waals surface area contributed by atoms with Gasteiger partial charge in [-0.2, -0.15) is 5.26 Å². The molecule has 0 radical (unpaired) electrons. The van der Waals surface area contributed by atoms with Crippen molar-refractivity contribution in [2.24, 2.45) is 0 Å². The number of carbonyl (C=O) groups excluding carboxylic acids is 1. The fraction of sp³-hybridized carbons (Fsp3) is 0.294. The average molecular weight is 437 g/mol. The number of thiophene rings is 1. The van der Waals surface area contributed by atoms with Gasteiger partial charge in [-0.1, -0.05) is 0 Å². The minimum absolute atomic E-state index is 0.0287. The van der Waals surface area contributed by atoms with Crippen molar-refractivity contribution in [1.29, 1.82) is 5.26 Å². The molecule has 1 fully saturated rings. The zero-order valence-electron chi connectivity index (χ0n) is 12.5. The molecule has 1 saturated heterocycles. The minimum Gasteiger partial charge on any atom is -0.371 e. The molecule has 1 aromatic carbocycles. The Morgan fingerprint density at radius 3 is 2.57 bits per heavy atom. The number of benzene rings is 1. The van der Waals surface area contributed by atoms with Crippen molar-refractivity contribution in [3.63, 3.8) is 0 Å². The predicted octanol–water partition coefficient (Wildman–Crippen LogP) is 3.62. The summed E-state index contributed by atoms with van der Waals surface area (Å²) in [5, 5.41) is 13.9. The van der Waals surface area contributed by atoms with Gasteiger partial charge in [0.05, 0.1) is 20.1 Å². The molecule has 23 heavy (non-hydrogen) atoms. The van der Waals surface area contributed by atoms with E-state index in [9.17, 15) is 4.79 Å². The highest BCUT2D eigenvalue weighted by Gasteiger charge is 2.21. The number of amides is 1. The number of piperidine rings is 1. The van der Waals surface area contributed by atoms with E-state index in [1.54, 1.807) is 11.3 Å². The molecule has 6 heteroatoms. The van der Waals surface area contributed by atoms with Crippen molar-refractivity contribution in [1.82, 2.24) is 5.32 Å². The Kier molecular flexibility index (Phi) is 5.18. The lowest BCUT2D eigenvalue weighted by Gasteiger charge is -2.34. The summed E-state index contributed by atoms with van der Waals surface area (Å²) in [4.78, 5) is 14.5. The van der Waals surface area contributed by atoms with Crippen molar-refractivity contribution in [2.75, 3.05) is 18.0 Å². The van der Waals surface area contributed by atoms with Crippen LogP contribution in [-0.2, 0) is 0 Å². The lowest BCUT2D eigenvalue weighted by molar-refractivity contribution is 0.0931. The molecule has 0 atom stereocenters. The first-order chi connectivity index (χ1) is 11.2. The molecule has 0 bridgehead atoms. The highest BCUT2D eigenvalue weighted by molar-refractivity contribution is 14.1. The lowest BCUT2D eigenvalue weighted by atomic mass is 10.0. The summed E-state index contributed by atoms with van der Waals surface area (Å²) < 4.78 is 1.13. The highest BCUT2D eigenvalue weighted by atomic mass is 127. The first kappa shape index (κ1) is 16.3. The SMILES string of the molecule is N#Cc1ccc(N2CCC(NC(=O)c3csc(I)c3)CC2)cc1. The first-order valence-electron chi connectivity index (χ1n) is 7.46. The van der Waals surface area contributed by atoms with E-state index in [2.05, 4.69) is 38.9 Å². The van der Waals surface area contributed by atoms with E-state index in [0.717, 1.165) is 40.1 Å². The number of halogens is 1. The van der Waals surface area contributed by atoms with Gasteiger partial charge >= 0.3 is 0 Å². The van der Waals surface area contributed by atoms with Crippen molar-refractivity contribution in [3.8, 4) is 6.07 Å². The molecule has 1 amide bonds. The number of hydrogen-bond donors (Lipinski definition) is 1. The molecule has 0 aliphatic carbocycles. The molecular formula is C17H16IN3OS. The van der Waals surface area contributed by atoms with E-state index < -0.39 is 0 Å². The summed E-state index contributed by atoms with van der Waals surface area (Å²) in [6, 6.07) is 12.0. The Hall–Kier alpha value is -1.59. The van der Waals surface area contributed by atoms with Crippen LogP contribution < -0.4 is 10.2 Å². The van der Waals surface area contributed by atoms with Crippen LogP contribution in [0.4, 0.5) is 5.69 Å². The normalized spacial score (nSPS) is 15.2. The van der Waals surface area contributed by atoms with Crippen molar-refractivity contribution >= 4 is 45.5 Å². The molecule has 4 nitrogen and oxygen atoms in total. The molecule has 0 spiro atoms. The largest absolute Gasteiger partial charge is 0.371 e. The zero-order valence-corrected chi connectivity index (χ0v) is 15.4. The monoisotopic (exact) mass is 437 g/mol. The third-order valence-corrected chi connectivity index (χ3v) is 5.81. The van der Waals surface area contributed by atoms with Crippen LogP contribution in [0.15, 0.2) is 35.7 Å². The second-order valence-corrected chi connectivity index (χ2v) is 8.34. The number of carbonyl (C=O) groups is 1. The fourth-order valence-electron chi connectivity index (χ4n) is 2.73. The standard InChI is InChI=1S/C17H16IN3OS/c18-16-9-13(11-23-16)17(22)20-14-5-7-21(8-6-14)15-3-1-12(10-19)2-4-15/h1-4,9,11,14H,5-8H2,(H,20,22). The van der Waals surface area contributed by atoms with Gasteiger partial charge in [0.15, 0.2) is 0 Å². The first-order valence-corrected chi connectivity index (χ1v) is 9.41. The van der Waals surface area contributed by atoms with Crippen LogP contribution in [0.3, 0.4) is 0 Å². The summed E-state index contributed by atoms with van der Waals surface area (Å²) in [5.41, 5.74) is 2.58. The van der Waals surface area contributed by atoms with Crippen LogP contribution in [0.25, 0.3) is 0 Å². The van der Waals surface area contributed by atoms with Gasteiger partial charge in [-0.15, -0.1) is 11.3 Å². The number of anilines is 1. The van der Waals surface area contributed by atoms with Gasteiger partial charge in [0.2, 0.25) is 0 Å². The van der Waals surface area contributed by atoms with E-state index >= 15 is 0 Å². The van der Waals surface area contributed by atoms with Gasteiger partial charge in [0.1, 0.15) is 0 Å². The minimum atomic E-state index is 0.0287. The van der Waals surface area contributed by atoms with E-state index in [1.165, 1.54) is 0 Å². The van der Waals surface area contributed by atoms with E-state index in [0.29, 0.717) is 5.56 Å². The summed E-state index contributed by atoms with van der Waals surface area (Å²) in [7, 11) is 0. The van der Waals surface area contributed by atoms with Gasteiger partial charge in [0.25, 0.3) is 5.91 Å². The molecule has 118 valence electrons. The number of hydrogen-bond acceptors (Lipinski definition) is 4. The Bertz CT molecular complexity index is 727. The third-order valence-electron chi connectivity index (χ3n) is 4.02. The molecule has 1 aliphatic heterocycles. The Labute approximate surface area is 153 Å². The summed E-state index contributed by atoms with van der Waals surface area (Å²) in [6.45, 7) is 1.83. The van der Waals surface area contributed by atoms with Gasteiger partial charge < -0.3 is 10.2 Å². The number of nitrogens with zero attached hydrogens (tertiary/aromatic N) is 2. The molecule has 2 aromatic rings. The maximum atomic E-state index is 12.2. The Morgan fingerprint density at radius 2 is 2.00 bits per heavy atom. The van der Waals surface area contributed by atoms with Gasteiger partial charge in [-0.3, -0.25) is 4.79 Å². The number of nitriles is 1. The Morgan fingerprint density at radius 1 is 1.30 bits per heavy atom. The van der Waals surface area contributed by atoms with Crippen LogP contribution in [-0.4, -0.2) is 25.0 Å². The summed E-state index contributed by atoms with van der Waals surface area (Å²) >= 11 is 3.82. The molecule has 1 aliphatic rings. The van der Waals surface area contributed by atoms with Crippen LogP contribution in [0.5, 0.6) is 0 Å². The van der Waals surface area contributed by atoms with Crippen LogP contribution >= 0.6 is 33.9 Å². The van der Waals surface area contributed by atoms with Crippen molar-refractivity contribution in [2.45, 2.75) is 18.9 Å². The second kappa shape index (κ2) is 7.32. The summed E-state index contributed by atoms with van der Waals surface area (Å²) in [6.07, 6.45) is 1.87. The topological polar surface area (TPSA) is 56.1 Å². The van der Waals surface area contributed by atoms with Crippen LogP contribution in [0, 0.1) is 14.2 Å². The number of rotatable bonds is 3. The van der Waals surface area contributed by atoms with Crippen LogP contribution in [0.2, 0.25) is 0 Å². The zero-order chi connectivity index (χ0) is 16.2. The fourth-order valence-corrected chi connectivity index (χ4v) is 4.05. The quantitative estimate of drug-likeness (QED) is 0.747. The van der Waals surface area contributed by atoms with Crippen LogP contribution in [0.1, 0.15) is 28.8 Å². The molecule has 1 N–H and O–H groups in total. The maximum Gasteiger partial charge on any atom is 0.252 e. The molecule has 2 heterocycles. The third kappa shape index (κ3) is 4.03. The molecule has 0 saturated carbocycles. The smallest absolute Gasteiger partial charge is 0.252 e. The predicted molar refractivity (Wildman–Crippen MR) is 101 cm³/mol. The molecular weight excluding hydrogens is 421 g/mol. The maximum absolute atomic E-state index is 12.2. The second-order valence-electron chi connectivity index (χ2n) is 5.53. The van der Waals surface area contributed by atoms with Gasteiger partial charge in [-0.05, 0) is 65.8 Å². The Balaban J connectivity index is 1.53. The average Bonchev–Trinajstić information content (AvgIpc) is 3.02. The molecule has 3 rings (SSSR count). The van der Waals surface area contributed by atoms with Gasteiger partial charge in [0, 0.05) is 30.2 Å². The molecule has 1 aromatic heterocycles. The number of nitrogens with one attached hydrogen (secondary N) is 1. The molecule has 0 unspecified atom stereocenters. The van der Waals surface area contributed by atoms with E-state index in [-0.39, 0.29) is 11.9 Å². The van der Waals surface area contributed by atoms with Crippen molar-refractivity contribution in [3.05, 3.63) is 49.7 Å². The summed E-state index contributed by atoms with van der Waals surface area (Å²) in [5.74, 6) is 0.0287. The lowest BCUT2D eigenvalue weighted by Crippen LogP contribution is -2.44.